The molecule has 2 aromatic rings. The van der Waals surface area contributed by atoms with E-state index in [2.05, 4.69) is 0 Å². The lowest BCUT2D eigenvalue weighted by Crippen LogP contribution is -2.34. The molecule has 0 aliphatic heterocycles. The average molecular weight is 264 g/mol. The lowest BCUT2D eigenvalue weighted by atomic mass is 9.98. The quantitative estimate of drug-likeness (QED) is 0.524. The van der Waals surface area contributed by atoms with Crippen molar-refractivity contribution in [2.24, 2.45) is 0 Å². The van der Waals surface area contributed by atoms with Crippen molar-refractivity contribution in [3.05, 3.63) is 52.0 Å². The molecule has 6 heteroatoms. The second-order valence-electron chi connectivity index (χ2n) is 4.53. The number of rotatable bonds is 6. The van der Waals surface area contributed by atoms with Gasteiger partial charge >= 0.3 is 0 Å². The Hall–Kier alpha value is -2.24. The Morgan fingerprint density at radius 2 is 0.947 bits per heavy atom. The molecule has 2 aromatic carbocycles. The first-order valence-corrected chi connectivity index (χ1v) is 5.97. The van der Waals surface area contributed by atoms with Crippen LogP contribution in [-0.4, -0.2) is 10.2 Å². The minimum atomic E-state index is -0.830. The molecule has 0 atom stereocenters. The highest BCUT2D eigenvalue weighted by Crippen LogP contribution is 2.15. The third-order valence-electron chi connectivity index (χ3n) is 3.32. The number of hydrogen-bond donors (Lipinski definition) is 2. The van der Waals surface area contributed by atoms with Crippen LogP contribution in [0.15, 0.2) is 19.2 Å². The van der Waals surface area contributed by atoms with Crippen molar-refractivity contribution in [2.45, 2.75) is 32.1 Å². The van der Waals surface area contributed by atoms with Crippen LogP contribution in [0.5, 0.6) is 11.5 Å². The lowest BCUT2D eigenvalue weighted by Gasteiger charge is -2.06. The first-order valence-electron chi connectivity index (χ1n) is 5.97. The number of unbranched alkanes of at least 4 members (excludes halogenated alkanes) is 2. The van der Waals surface area contributed by atoms with E-state index >= 15 is 0 Å². The largest absolute Gasteiger partial charge is 0.504 e. The summed E-state index contributed by atoms with van der Waals surface area (Å²) in [5.41, 5.74) is -2.58. The van der Waals surface area contributed by atoms with Gasteiger partial charge in [-0.25, -0.2) is 0 Å². The molecule has 100 valence electrons. The zero-order chi connectivity index (χ0) is 14.2. The fraction of sp³-hybridized carbons (Fsp3) is 0.385. The molecule has 19 heavy (non-hydrogen) atoms. The second kappa shape index (κ2) is 4.79. The first kappa shape index (κ1) is 13.2. The molecule has 0 amide bonds. The molecule has 0 aliphatic rings. The average Bonchev–Trinajstić information content (AvgIpc) is 2.44. The molecule has 6 nitrogen and oxygen atoms in total. The van der Waals surface area contributed by atoms with Crippen molar-refractivity contribution in [1.29, 1.82) is 0 Å². The van der Waals surface area contributed by atoms with Gasteiger partial charge in [-0.1, -0.05) is 6.42 Å². The molecule has 0 aliphatic carbocycles. The molecule has 0 saturated heterocycles. The third kappa shape index (κ3) is 2.09. The molecule has 0 saturated carbocycles. The van der Waals surface area contributed by atoms with Gasteiger partial charge in [0, 0.05) is 11.1 Å². The molecule has 0 spiro atoms. The molecule has 0 radical (unpaired) electrons. The van der Waals surface area contributed by atoms with Crippen LogP contribution < -0.4 is 21.7 Å². The van der Waals surface area contributed by atoms with Crippen LogP contribution in [0.4, 0.5) is 0 Å². The summed E-state index contributed by atoms with van der Waals surface area (Å²) in [7, 11) is 0. The van der Waals surface area contributed by atoms with Gasteiger partial charge < -0.3 is 10.2 Å². The minimum Gasteiger partial charge on any atom is -0.504 e. The molecule has 2 rings (SSSR count). The molecular formula is C13H12O6. The summed E-state index contributed by atoms with van der Waals surface area (Å²) in [5, 5.41) is 18.2. The first-order chi connectivity index (χ1) is 8.95. The summed E-state index contributed by atoms with van der Waals surface area (Å²) in [4.78, 5) is 43.5. The number of aromatic hydroxyl groups is 2. The van der Waals surface area contributed by atoms with Crippen LogP contribution in [0.3, 0.4) is 0 Å². The number of hydrogen-bond acceptors (Lipinski definition) is 6. The van der Waals surface area contributed by atoms with E-state index in [1.165, 1.54) is 0 Å². The van der Waals surface area contributed by atoms with Crippen molar-refractivity contribution in [2.75, 3.05) is 0 Å². The highest BCUT2D eigenvalue weighted by molar-refractivity contribution is 5.38. The summed E-state index contributed by atoms with van der Waals surface area (Å²) in [5.74, 6) is -0.879. The lowest BCUT2D eigenvalue weighted by molar-refractivity contribution is 0.449. The zero-order valence-electron chi connectivity index (χ0n) is 10.1. The fourth-order valence-corrected chi connectivity index (χ4v) is 2.10. The molecule has 0 fully saturated rings. The fourth-order valence-electron chi connectivity index (χ4n) is 2.10. The smallest absolute Gasteiger partial charge is 0.267 e. The van der Waals surface area contributed by atoms with Crippen molar-refractivity contribution in [3.63, 3.8) is 0 Å². The van der Waals surface area contributed by atoms with E-state index in [1.807, 2.05) is 0 Å². The maximum atomic E-state index is 11.0. The van der Waals surface area contributed by atoms with Gasteiger partial charge in [0.15, 0.2) is 11.5 Å². The van der Waals surface area contributed by atoms with Gasteiger partial charge in [-0.15, -0.1) is 0 Å². The van der Waals surface area contributed by atoms with Gasteiger partial charge in [0.25, 0.3) is 10.9 Å². The molecule has 0 heterocycles. The Labute approximate surface area is 107 Å². The van der Waals surface area contributed by atoms with Crippen LogP contribution in [0, 0.1) is 0 Å². The van der Waals surface area contributed by atoms with Gasteiger partial charge in [0.05, 0.1) is 0 Å². The van der Waals surface area contributed by atoms with Crippen molar-refractivity contribution in [1.82, 2.24) is 0 Å². The van der Waals surface area contributed by atoms with E-state index < -0.39 is 33.2 Å². The van der Waals surface area contributed by atoms with Crippen LogP contribution in [-0.2, 0) is 12.8 Å². The van der Waals surface area contributed by atoms with Gasteiger partial charge in [0.1, 0.15) is 0 Å². The van der Waals surface area contributed by atoms with E-state index in [0.717, 1.165) is 0 Å². The molecule has 2 N–H and O–H groups in total. The van der Waals surface area contributed by atoms with Crippen LogP contribution in [0.2, 0.25) is 0 Å². The molecule has 0 unspecified atom stereocenters. The maximum absolute atomic E-state index is 11.0. The normalized spacial score (nSPS) is 11.4. The zero-order valence-corrected chi connectivity index (χ0v) is 10.1. The predicted octanol–water partition coefficient (Wildman–Crippen LogP) is -0.755. The maximum Gasteiger partial charge on any atom is 0.267 e. The Bertz CT molecular complexity index is 688. The Morgan fingerprint density at radius 3 is 1.26 bits per heavy atom. The Morgan fingerprint density at radius 1 is 0.579 bits per heavy atom. The van der Waals surface area contributed by atoms with Gasteiger partial charge in [0.2, 0.25) is 10.9 Å². The Balaban J connectivity index is 1.75. The minimum absolute atomic E-state index is 0.168. The second-order valence-corrected chi connectivity index (χ2v) is 4.53. The van der Waals surface area contributed by atoms with E-state index in [4.69, 9.17) is 10.2 Å². The van der Waals surface area contributed by atoms with E-state index in [9.17, 15) is 19.2 Å². The van der Waals surface area contributed by atoms with E-state index in [0.29, 0.717) is 32.1 Å². The van der Waals surface area contributed by atoms with Crippen molar-refractivity contribution in [3.8, 4) is 11.5 Å². The van der Waals surface area contributed by atoms with Crippen LogP contribution in [0.25, 0.3) is 0 Å². The molecule has 0 aromatic heterocycles. The highest BCUT2D eigenvalue weighted by atomic mass is 16.3. The van der Waals surface area contributed by atoms with Gasteiger partial charge in [-0.2, -0.15) is 0 Å². The molecular weight excluding hydrogens is 252 g/mol. The highest BCUT2D eigenvalue weighted by Gasteiger charge is 2.20. The van der Waals surface area contributed by atoms with E-state index in [1.54, 1.807) is 0 Å². The third-order valence-corrected chi connectivity index (χ3v) is 3.32. The summed E-state index contributed by atoms with van der Waals surface area (Å²) < 4.78 is 0. The van der Waals surface area contributed by atoms with E-state index in [-0.39, 0.29) is 11.1 Å². The van der Waals surface area contributed by atoms with Crippen molar-refractivity contribution < 1.29 is 10.2 Å². The van der Waals surface area contributed by atoms with Gasteiger partial charge in [-0.05, 0) is 25.7 Å². The van der Waals surface area contributed by atoms with Crippen LogP contribution in [0.1, 0.15) is 30.4 Å². The standard InChI is InChI=1S/C13H12O6/c14-8-6(9(15)12(8)18)4-2-1-3-5-7-10(16)13(19)11(7)17/h14,16H,1-5H2. The monoisotopic (exact) mass is 264 g/mol. The van der Waals surface area contributed by atoms with Crippen LogP contribution >= 0.6 is 0 Å². The molecule has 0 bridgehead atoms. The summed E-state index contributed by atoms with van der Waals surface area (Å²) in [6, 6.07) is 0. The SMILES string of the molecule is O=c1c(O)c(CCCCCc2c(O)c(=O)c2=O)c1=O. The Kier molecular flexibility index (Phi) is 3.33. The topological polar surface area (TPSA) is 109 Å². The van der Waals surface area contributed by atoms with Gasteiger partial charge in [-0.3, -0.25) is 19.2 Å². The summed E-state index contributed by atoms with van der Waals surface area (Å²) >= 11 is 0. The predicted molar refractivity (Wildman–Crippen MR) is 67.3 cm³/mol. The van der Waals surface area contributed by atoms with Crippen molar-refractivity contribution >= 4 is 0 Å². The summed E-state index contributed by atoms with van der Waals surface area (Å²) in [6.07, 6.45) is 2.50. The summed E-state index contributed by atoms with van der Waals surface area (Å²) in [6.45, 7) is 0.